The number of carbonyl (C=O) groups is 1. The molecule has 30 heavy (non-hydrogen) atoms. The van der Waals surface area contributed by atoms with Crippen LogP contribution in [-0.4, -0.2) is 46.1 Å². The first-order chi connectivity index (χ1) is 14.5. The van der Waals surface area contributed by atoms with Gasteiger partial charge < -0.3 is 16.0 Å². The summed E-state index contributed by atoms with van der Waals surface area (Å²) in [6.45, 7) is 3.15. The number of aromatic nitrogens is 2. The maximum Gasteiger partial charge on any atom is 0.254 e. The highest BCUT2D eigenvalue weighted by Gasteiger charge is 2.25. The number of nitrogens with two attached hydrogens (primary N) is 1. The molecule has 154 valence electrons. The van der Waals surface area contributed by atoms with Crippen LogP contribution in [-0.2, 0) is 0 Å². The number of hydrogen-bond donors (Lipinski definition) is 3. The summed E-state index contributed by atoms with van der Waals surface area (Å²) in [6.07, 6.45) is 1.50. The van der Waals surface area contributed by atoms with E-state index in [4.69, 9.17) is 17.3 Å². The fourth-order valence-electron chi connectivity index (χ4n) is 3.49. The number of nitrogens with zero attached hydrogens (tertiary/aromatic N) is 3. The van der Waals surface area contributed by atoms with Crippen molar-refractivity contribution in [2.45, 2.75) is 19.1 Å². The smallest absolute Gasteiger partial charge is 0.254 e. The molecule has 1 aliphatic rings. The van der Waals surface area contributed by atoms with Gasteiger partial charge in [0.05, 0.1) is 11.9 Å². The fraction of sp³-hybridized carbons (Fsp3) is 0.227. The number of piperazine rings is 1. The van der Waals surface area contributed by atoms with Crippen LogP contribution in [0.15, 0.2) is 60.8 Å². The second-order valence-electron chi connectivity index (χ2n) is 7.36. The summed E-state index contributed by atoms with van der Waals surface area (Å²) in [7, 11) is 0. The molecule has 2 aromatic carbocycles. The molecule has 0 bridgehead atoms. The van der Waals surface area contributed by atoms with E-state index >= 15 is 0 Å². The van der Waals surface area contributed by atoms with Crippen molar-refractivity contribution in [3.05, 3.63) is 71.4 Å². The molecule has 0 aliphatic carbocycles. The summed E-state index contributed by atoms with van der Waals surface area (Å²) in [6, 6.07) is 16.8. The molecule has 4 rings (SSSR count). The maximum atomic E-state index is 12.8. The molecule has 0 spiro atoms. The van der Waals surface area contributed by atoms with Crippen LogP contribution in [0.4, 0.5) is 11.6 Å². The first kappa shape index (κ1) is 20.3. The van der Waals surface area contributed by atoms with E-state index < -0.39 is 0 Å². The van der Waals surface area contributed by atoms with E-state index in [1.165, 1.54) is 0 Å². The summed E-state index contributed by atoms with van der Waals surface area (Å²) in [5.74, 6) is 0.453. The van der Waals surface area contributed by atoms with Gasteiger partial charge in [-0.2, -0.15) is 0 Å². The van der Waals surface area contributed by atoms with Crippen LogP contribution in [0.2, 0.25) is 5.02 Å². The summed E-state index contributed by atoms with van der Waals surface area (Å²) in [5.41, 5.74) is 9.13. The number of rotatable bonds is 4. The molecule has 0 saturated carbocycles. The number of carbonyl (C=O) groups excluding carboxylic acids is 1. The van der Waals surface area contributed by atoms with Gasteiger partial charge in [-0.05, 0) is 49.4 Å². The minimum absolute atomic E-state index is 0.0219. The molecule has 7 nitrogen and oxygen atoms in total. The quantitative estimate of drug-likeness (QED) is 0.597. The van der Waals surface area contributed by atoms with Crippen molar-refractivity contribution in [3.8, 4) is 11.3 Å². The van der Waals surface area contributed by atoms with Crippen LogP contribution < -0.4 is 16.4 Å². The van der Waals surface area contributed by atoms with E-state index in [1.54, 1.807) is 23.2 Å². The monoisotopic (exact) mass is 422 g/mol. The molecule has 4 N–H and O–H groups in total. The number of amides is 1. The van der Waals surface area contributed by atoms with Crippen LogP contribution in [0.5, 0.6) is 0 Å². The van der Waals surface area contributed by atoms with Crippen molar-refractivity contribution in [1.82, 2.24) is 20.2 Å². The van der Waals surface area contributed by atoms with Gasteiger partial charge >= 0.3 is 0 Å². The van der Waals surface area contributed by atoms with Gasteiger partial charge in [-0.3, -0.25) is 10.1 Å². The third-order valence-electron chi connectivity index (χ3n) is 4.88. The van der Waals surface area contributed by atoms with Crippen LogP contribution >= 0.6 is 11.6 Å². The van der Waals surface area contributed by atoms with Gasteiger partial charge in [0.1, 0.15) is 0 Å². The van der Waals surface area contributed by atoms with Crippen LogP contribution in [0.25, 0.3) is 11.3 Å². The number of anilines is 2. The molecule has 1 saturated heterocycles. The van der Waals surface area contributed by atoms with Crippen LogP contribution in [0.3, 0.4) is 0 Å². The SMILES string of the molecule is CC1CN(C(=O)c2ccc(Nc3nccc(-c4ccc(Cl)cc4)n3)cc2)CC(N)N1. The van der Waals surface area contributed by atoms with Crippen LogP contribution in [0, 0.1) is 0 Å². The van der Waals surface area contributed by atoms with Gasteiger partial charge in [-0.15, -0.1) is 0 Å². The third-order valence-corrected chi connectivity index (χ3v) is 5.13. The zero-order chi connectivity index (χ0) is 21.1. The summed E-state index contributed by atoms with van der Waals surface area (Å²) < 4.78 is 0. The Kier molecular flexibility index (Phi) is 5.94. The lowest BCUT2D eigenvalue weighted by atomic mass is 10.1. The van der Waals surface area contributed by atoms with Crippen molar-refractivity contribution < 1.29 is 4.79 Å². The Morgan fingerprint density at radius 3 is 2.57 bits per heavy atom. The average Bonchev–Trinajstić information content (AvgIpc) is 2.74. The number of benzene rings is 2. The summed E-state index contributed by atoms with van der Waals surface area (Å²) in [5, 5.41) is 7.09. The van der Waals surface area contributed by atoms with E-state index in [0.29, 0.717) is 29.6 Å². The van der Waals surface area contributed by atoms with Gasteiger partial charge in [-0.1, -0.05) is 23.7 Å². The Hall–Kier alpha value is -3.00. The Labute approximate surface area is 180 Å². The van der Waals surface area contributed by atoms with E-state index in [1.807, 2.05) is 49.4 Å². The highest BCUT2D eigenvalue weighted by atomic mass is 35.5. The Bertz CT molecular complexity index is 1010. The molecular weight excluding hydrogens is 400 g/mol. The molecule has 1 aliphatic heterocycles. The van der Waals surface area contributed by atoms with Gasteiger partial charge in [0.15, 0.2) is 0 Å². The van der Waals surface area contributed by atoms with Crippen LogP contribution in [0.1, 0.15) is 17.3 Å². The lowest BCUT2D eigenvalue weighted by Gasteiger charge is -2.35. The molecule has 2 unspecified atom stereocenters. The molecule has 1 amide bonds. The van der Waals surface area contributed by atoms with E-state index in [-0.39, 0.29) is 18.1 Å². The topological polar surface area (TPSA) is 96.2 Å². The predicted octanol–water partition coefficient (Wildman–Crippen LogP) is 3.26. The molecule has 3 aromatic rings. The van der Waals surface area contributed by atoms with Crippen molar-refractivity contribution in [2.75, 3.05) is 18.4 Å². The molecule has 8 heteroatoms. The zero-order valence-electron chi connectivity index (χ0n) is 16.5. The minimum atomic E-state index is -0.205. The van der Waals surface area contributed by atoms with Gasteiger partial charge in [0, 0.05) is 47.2 Å². The van der Waals surface area contributed by atoms with Crippen molar-refractivity contribution in [1.29, 1.82) is 0 Å². The average molecular weight is 423 g/mol. The molecule has 1 aromatic heterocycles. The van der Waals surface area contributed by atoms with Crippen molar-refractivity contribution in [3.63, 3.8) is 0 Å². The first-order valence-electron chi connectivity index (χ1n) is 9.75. The normalized spacial score (nSPS) is 18.8. The summed E-state index contributed by atoms with van der Waals surface area (Å²) in [4.78, 5) is 23.4. The Morgan fingerprint density at radius 2 is 1.87 bits per heavy atom. The van der Waals surface area contributed by atoms with E-state index in [0.717, 1.165) is 16.9 Å². The molecule has 1 fully saturated rings. The second kappa shape index (κ2) is 8.79. The van der Waals surface area contributed by atoms with Crippen molar-refractivity contribution >= 4 is 29.1 Å². The molecule has 0 radical (unpaired) electrons. The number of hydrogen-bond acceptors (Lipinski definition) is 6. The predicted molar refractivity (Wildman–Crippen MR) is 119 cm³/mol. The second-order valence-corrected chi connectivity index (χ2v) is 7.80. The third kappa shape index (κ3) is 4.76. The largest absolute Gasteiger partial charge is 0.334 e. The minimum Gasteiger partial charge on any atom is -0.334 e. The fourth-order valence-corrected chi connectivity index (χ4v) is 3.61. The maximum absolute atomic E-state index is 12.8. The van der Waals surface area contributed by atoms with Gasteiger partial charge in [-0.25, -0.2) is 9.97 Å². The highest BCUT2D eigenvalue weighted by Crippen LogP contribution is 2.22. The lowest BCUT2D eigenvalue weighted by Crippen LogP contribution is -2.60. The molecule has 2 heterocycles. The van der Waals surface area contributed by atoms with E-state index in [2.05, 4.69) is 20.6 Å². The highest BCUT2D eigenvalue weighted by molar-refractivity contribution is 6.30. The van der Waals surface area contributed by atoms with Crippen molar-refractivity contribution in [2.24, 2.45) is 5.73 Å². The van der Waals surface area contributed by atoms with Gasteiger partial charge in [0.2, 0.25) is 5.95 Å². The molecule has 2 atom stereocenters. The molecular formula is C22H23ClN6O. The zero-order valence-corrected chi connectivity index (χ0v) is 17.3. The van der Waals surface area contributed by atoms with Gasteiger partial charge in [0.25, 0.3) is 5.91 Å². The summed E-state index contributed by atoms with van der Waals surface area (Å²) >= 11 is 5.96. The van der Waals surface area contributed by atoms with E-state index in [9.17, 15) is 4.79 Å². The number of nitrogens with one attached hydrogen (secondary N) is 2. The Morgan fingerprint density at radius 1 is 1.13 bits per heavy atom. The standard InChI is InChI=1S/C22H23ClN6O/c1-14-12-29(13-20(24)26-14)21(30)16-4-8-18(9-5-16)27-22-25-11-10-19(28-22)15-2-6-17(23)7-3-15/h2-11,14,20,26H,12-13,24H2,1H3,(H,25,27,28). The lowest BCUT2D eigenvalue weighted by molar-refractivity contribution is 0.0668. The number of halogens is 1. The Balaban J connectivity index is 1.45. The first-order valence-corrected chi connectivity index (χ1v) is 10.1.